The zero-order valence-electron chi connectivity index (χ0n) is 9.73. The molecule has 7 heteroatoms. The van der Waals surface area contributed by atoms with E-state index in [2.05, 4.69) is 4.72 Å². The number of sulfonamides is 1. The van der Waals surface area contributed by atoms with E-state index in [-0.39, 0.29) is 11.4 Å². The Bertz CT molecular complexity index is 527. The largest absolute Gasteiger partial charge is 0.397 e. The molecule has 1 heterocycles. The second-order valence-corrected chi connectivity index (χ2v) is 6.15. The lowest BCUT2D eigenvalue weighted by molar-refractivity contribution is 0.0984. The second kappa shape index (κ2) is 5.11. The van der Waals surface area contributed by atoms with Crippen LogP contribution in [0.3, 0.4) is 0 Å². The van der Waals surface area contributed by atoms with Crippen LogP contribution in [0.5, 0.6) is 0 Å². The SMILES string of the molecule is Nc1ccc(F)cc1NS(=O)(=O)C1CCOCC1. The highest BCUT2D eigenvalue weighted by molar-refractivity contribution is 7.93. The third-order valence-corrected chi connectivity index (χ3v) is 4.73. The molecule has 0 amide bonds. The van der Waals surface area contributed by atoms with Gasteiger partial charge in [-0.3, -0.25) is 4.72 Å². The molecule has 1 aliphatic heterocycles. The fourth-order valence-corrected chi connectivity index (χ4v) is 3.30. The maximum absolute atomic E-state index is 13.1. The predicted molar refractivity (Wildman–Crippen MR) is 67.2 cm³/mol. The number of rotatable bonds is 3. The topological polar surface area (TPSA) is 81.4 Å². The Morgan fingerprint density at radius 1 is 1.33 bits per heavy atom. The summed E-state index contributed by atoms with van der Waals surface area (Å²) in [7, 11) is -3.55. The highest BCUT2D eigenvalue weighted by Gasteiger charge is 2.28. The first-order chi connectivity index (χ1) is 8.49. The minimum absolute atomic E-state index is 0.0847. The molecule has 18 heavy (non-hydrogen) atoms. The van der Waals surface area contributed by atoms with Gasteiger partial charge in [0.1, 0.15) is 5.82 Å². The monoisotopic (exact) mass is 274 g/mol. The molecule has 1 saturated heterocycles. The van der Waals surface area contributed by atoms with Gasteiger partial charge in [0.25, 0.3) is 0 Å². The zero-order chi connectivity index (χ0) is 13.2. The standard InChI is InChI=1S/C11H15FN2O3S/c12-8-1-2-10(13)11(7-8)14-18(15,16)9-3-5-17-6-4-9/h1-2,7,9,14H,3-6,13H2. The number of benzene rings is 1. The molecule has 100 valence electrons. The number of nitrogens with two attached hydrogens (primary N) is 1. The molecule has 5 nitrogen and oxygen atoms in total. The predicted octanol–water partition coefficient (Wildman–Crippen LogP) is 1.33. The summed E-state index contributed by atoms with van der Waals surface area (Å²) in [6.45, 7) is 0.842. The van der Waals surface area contributed by atoms with Crippen molar-refractivity contribution in [3.63, 3.8) is 0 Å². The van der Waals surface area contributed by atoms with Crippen molar-refractivity contribution in [2.45, 2.75) is 18.1 Å². The van der Waals surface area contributed by atoms with E-state index in [1.165, 1.54) is 12.1 Å². The van der Waals surface area contributed by atoms with E-state index in [9.17, 15) is 12.8 Å². The third kappa shape index (κ3) is 2.91. The van der Waals surface area contributed by atoms with Gasteiger partial charge in [-0.1, -0.05) is 0 Å². The van der Waals surface area contributed by atoms with Crippen LogP contribution in [-0.2, 0) is 14.8 Å². The second-order valence-electron chi connectivity index (χ2n) is 4.19. The molecule has 1 aliphatic rings. The van der Waals surface area contributed by atoms with Gasteiger partial charge in [0.15, 0.2) is 0 Å². The minimum Gasteiger partial charge on any atom is -0.397 e. The highest BCUT2D eigenvalue weighted by Crippen LogP contribution is 2.24. The molecule has 0 bridgehead atoms. The maximum Gasteiger partial charge on any atom is 0.235 e. The number of anilines is 2. The Morgan fingerprint density at radius 2 is 2.00 bits per heavy atom. The van der Waals surface area contributed by atoms with Crippen molar-refractivity contribution in [2.24, 2.45) is 0 Å². The van der Waals surface area contributed by atoms with Crippen molar-refractivity contribution in [3.05, 3.63) is 24.0 Å². The quantitative estimate of drug-likeness (QED) is 0.815. The van der Waals surface area contributed by atoms with Crippen molar-refractivity contribution < 1.29 is 17.5 Å². The molecule has 3 N–H and O–H groups in total. The summed E-state index contributed by atoms with van der Waals surface area (Å²) in [6.07, 6.45) is 0.870. The van der Waals surface area contributed by atoms with Crippen LogP contribution in [0.15, 0.2) is 18.2 Å². The molecule has 0 aliphatic carbocycles. The van der Waals surface area contributed by atoms with Crippen molar-refractivity contribution in [1.29, 1.82) is 0 Å². The molecule has 2 rings (SSSR count). The Morgan fingerprint density at radius 3 is 2.67 bits per heavy atom. The summed E-state index contributed by atoms with van der Waals surface area (Å²) in [5.41, 5.74) is 5.89. The molecule has 1 aromatic rings. The highest BCUT2D eigenvalue weighted by atomic mass is 32.2. The van der Waals surface area contributed by atoms with Gasteiger partial charge in [0, 0.05) is 19.3 Å². The van der Waals surface area contributed by atoms with Crippen molar-refractivity contribution >= 4 is 21.4 Å². The van der Waals surface area contributed by atoms with Gasteiger partial charge >= 0.3 is 0 Å². The number of hydrogen-bond donors (Lipinski definition) is 2. The molecule has 0 spiro atoms. The first kappa shape index (κ1) is 13.1. The summed E-state index contributed by atoms with van der Waals surface area (Å²) in [5.74, 6) is -0.533. The van der Waals surface area contributed by atoms with E-state index in [4.69, 9.17) is 10.5 Å². The molecule has 0 unspecified atom stereocenters. The zero-order valence-corrected chi connectivity index (χ0v) is 10.5. The molecule has 1 aromatic carbocycles. The van der Waals surface area contributed by atoms with Crippen LogP contribution in [0, 0.1) is 5.82 Å². The van der Waals surface area contributed by atoms with Crippen LogP contribution in [0.4, 0.5) is 15.8 Å². The lowest BCUT2D eigenvalue weighted by Crippen LogP contribution is -2.33. The van der Waals surface area contributed by atoms with Crippen LogP contribution in [0.25, 0.3) is 0 Å². The van der Waals surface area contributed by atoms with Crippen LogP contribution < -0.4 is 10.5 Å². The van der Waals surface area contributed by atoms with E-state index in [0.717, 1.165) is 6.07 Å². The molecule has 1 fully saturated rings. The lowest BCUT2D eigenvalue weighted by atomic mass is 10.2. The number of halogens is 1. The Hall–Kier alpha value is -1.34. The van der Waals surface area contributed by atoms with Gasteiger partial charge < -0.3 is 10.5 Å². The van der Waals surface area contributed by atoms with Gasteiger partial charge in [0.05, 0.1) is 16.6 Å². The fraction of sp³-hybridized carbons (Fsp3) is 0.455. The van der Waals surface area contributed by atoms with Crippen LogP contribution in [-0.4, -0.2) is 26.9 Å². The lowest BCUT2D eigenvalue weighted by Gasteiger charge is -2.23. The van der Waals surface area contributed by atoms with E-state index in [1.54, 1.807) is 0 Å². The number of hydrogen-bond acceptors (Lipinski definition) is 4. The van der Waals surface area contributed by atoms with E-state index < -0.39 is 21.1 Å². The first-order valence-corrected chi connectivity index (χ1v) is 7.18. The summed E-state index contributed by atoms with van der Waals surface area (Å²) >= 11 is 0. The number of ether oxygens (including phenoxy) is 1. The fourth-order valence-electron chi connectivity index (χ4n) is 1.84. The van der Waals surface area contributed by atoms with Crippen molar-refractivity contribution in [2.75, 3.05) is 23.7 Å². The number of nitrogens with one attached hydrogen (secondary N) is 1. The maximum atomic E-state index is 13.1. The Labute approximate surface area is 105 Å². The van der Waals surface area contributed by atoms with Gasteiger partial charge in [-0.2, -0.15) is 0 Å². The Balaban J connectivity index is 2.18. The van der Waals surface area contributed by atoms with Gasteiger partial charge in [-0.25, -0.2) is 12.8 Å². The molecule has 0 saturated carbocycles. The van der Waals surface area contributed by atoms with Crippen LogP contribution in [0.2, 0.25) is 0 Å². The molecule has 0 radical (unpaired) electrons. The molecular formula is C11H15FN2O3S. The number of nitrogen functional groups attached to an aromatic ring is 1. The van der Waals surface area contributed by atoms with Gasteiger partial charge in [-0.15, -0.1) is 0 Å². The summed E-state index contributed by atoms with van der Waals surface area (Å²) < 4.78 is 44.7. The van der Waals surface area contributed by atoms with Gasteiger partial charge in [-0.05, 0) is 25.0 Å². The molecule has 0 atom stereocenters. The van der Waals surface area contributed by atoms with Crippen molar-refractivity contribution in [1.82, 2.24) is 0 Å². The molecule has 0 aromatic heterocycles. The van der Waals surface area contributed by atoms with Crippen LogP contribution >= 0.6 is 0 Å². The summed E-state index contributed by atoms with van der Waals surface area (Å²) in [4.78, 5) is 0. The molecular weight excluding hydrogens is 259 g/mol. The van der Waals surface area contributed by atoms with E-state index in [1.807, 2.05) is 0 Å². The normalized spacial score (nSPS) is 17.6. The average molecular weight is 274 g/mol. The van der Waals surface area contributed by atoms with E-state index in [0.29, 0.717) is 26.1 Å². The minimum atomic E-state index is -3.55. The van der Waals surface area contributed by atoms with E-state index >= 15 is 0 Å². The first-order valence-electron chi connectivity index (χ1n) is 5.63. The third-order valence-electron chi connectivity index (χ3n) is 2.87. The smallest absolute Gasteiger partial charge is 0.235 e. The van der Waals surface area contributed by atoms with Crippen LogP contribution in [0.1, 0.15) is 12.8 Å². The average Bonchev–Trinajstić information content (AvgIpc) is 2.35. The van der Waals surface area contributed by atoms with Gasteiger partial charge in [0.2, 0.25) is 10.0 Å². The summed E-state index contributed by atoms with van der Waals surface area (Å²) in [6, 6.07) is 3.59. The summed E-state index contributed by atoms with van der Waals surface area (Å²) in [5, 5.41) is -0.520. The van der Waals surface area contributed by atoms with Crippen molar-refractivity contribution in [3.8, 4) is 0 Å². The Kier molecular flexibility index (Phi) is 3.72.